The fourth-order valence-electron chi connectivity index (χ4n) is 4.94. The average Bonchev–Trinajstić information content (AvgIpc) is 3.29. The van der Waals surface area contributed by atoms with E-state index in [1.54, 1.807) is 4.68 Å². The number of hydrogen-bond acceptors (Lipinski definition) is 3. The molecule has 1 saturated heterocycles. The lowest BCUT2D eigenvalue weighted by Crippen LogP contribution is -2.44. The summed E-state index contributed by atoms with van der Waals surface area (Å²) < 4.78 is 1.79. The van der Waals surface area contributed by atoms with Crippen LogP contribution in [0.15, 0.2) is 54.6 Å². The lowest BCUT2D eigenvalue weighted by molar-refractivity contribution is -0.140. The van der Waals surface area contributed by atoms with Crippen LogP contribution >= 0.6 is 0 Å². The first kappa shape index (κ1) is 28.4. The van der Waals surface area contributed by atoms with Crippen molar-refractivity contribution in [3.05, 3.63) is 71.4 Å². The van der Waals surface area contributed by atoms with Crippen molar-refractivity contribution in [3.8, 4) is 5.69 Å². The van der Waals surface area contributed by atoms with Crippen molar-refractivity contribution in [2.75, 3.05) is 23.7 Å². The Kier molecular flexibility index (Phi) is 8.19. The summed E-state index contributed by atoms with van der Waals surface area (Å²) in [6, 6.07) is 17.7. The van der Waals surface area contributed by atoms with Gasteiger partial charge >= 0.3 is 6.03 Å². The molecule has 2 aromatic carbocycles. The molecule has 7 nitrogen and oxygen atoms in total. The summed E-state index contributed by atoms with van der Waals surface area (Å²) in [5, 5.41) is 10.9. The first-order valence-electron chi connectivity index (χ1n) is 13.9. The molecule has 0 unspecified atom stereocenters. The highest BCUT2D eigenvalue weighted by atomic mass is 16.2. The number of aromatic nitrogens is 2. The van der Waals surface area contributed by atoms with Gasteiger partial charge in [-0.15, -0.1) is 0 Å². The zero-order chi connectivity index (χ0) is 28.4. The second kappa shape index (κ2) is 11.2. The van der Waals surface area contributed by atoms with E-state index in [0.29, 0.717) is 11.7 Å². The van der Waals surface area contributed by atoms with Crippen LogP contribution < -0.4 is 10.6 Å². The van der Waals surface area contributed by atoms with Gasteiger partial charge < -0.3 is 10.2 Å². The van der Waals surface area contributed by atoms with E-state index < -0.39 is 0 Å². The zero-order valence-electron chi connectivity index (χ0n) is 24.5. The first-order valence-corrected chi connectivity index (χ1v) is 13.9. The Morgan fingerprint density at radius 2 is 1.56 bits per heavy atom. The van der Waals surface area contributed by atoms with Crippen molar-refractivity contribution in [2.45, 2.75) is 73.1 Å². The van der Waals surface area contributed by atoms with Crippen LogP contribution in [0.1, 0.15) is 71.2 Å². The lowest BCUT2D eigenvalue weighted by Gasteiger charge is -2.36. The predicted octanol–water partition coefficient (Wildman–Crippen LogP) is 6.95. The van der Waals surface area contributed by atoms with Crippen molar-refractivity contribution in [1.82, 2.24) is 14.7 Å². The maximum atomic E-state index is 13.2. The lowest BCUT2D eigenvalue weighted by atomic mass is 9.87. The molecule has 4 rings (SSSR count). The third kappa shape index (κ3) is 7.08. The molecule has 0 atom stereocenters. The SMILES string of the molecule is Cc1ccc(-n2nc(C(C)(C)C)cc2NC(=O)Nc2ccccc2CC2CCN(C(=O)C(C)(C)C)CC2)cc1. The first-order chi connectivity index (χ1) is 18.3. The van der Waals surface area contributed by atoms with Gasteiger partial charge in [-0.05, 0) is 55.9 Å². The Hall–Kier alpha value is -3.61. The number of aryl methyl sites for hydroxylation is 1. The number of amides is 3. The summed E-state index contributed by atoms with van der Waals surface area (Å²) in [5.41, 5.74) is 4.36. The number of nitrogens with one attached hydrogen (secondary N) is 2. The quantitative estimate of drug-likeness (QED) is 0.375. The number of rotatable bonds is 5. The predicted molar refractivity (Wildman–Crippen MR) is 159 cm³/mol. The van der Waals surface area contributed by atoms with Gasteiger partial charge in [0.1, 0.15) is 5.82 Å². The number of hydrogen-bond donors (Lipinski definition) is 2. The van der Waals surface area contributed by atoms with Gasteiger partial charge in [0, 0.05) is 35.7 Å². The number of nitrogens with zero attached hydrogens (tertiary/aromatic N) is 3. The van der Waals surface area contributed by atoms with E-state index in [2.05, 4.69) is 37.5 Å². The number of likely N-dealkylation sites (tertiary alicyclic amines) is 1. The topological polar surface area (TPSA) is 79.3 Å². The number of anilines is 2. The van der Waals surface area contributed by atoms with Gasteiger partial charge in [0.05, 0.1) is 11.4 Å². The molecule has 39 heavy (non-hydrogen) atoms. The molecule has 3 aromatic rings. The molecule has 0 bridgehead atoms. The van der Waals surface area contributed by atoms with E-state index in [-0.39, 0.29) is 22.8 Å². The Labute approximate surface area is 233 Å². The van der Waals surface area contributed by atoms with Crippen LogP contribution in [0.25, 0.3) is 5.69 Å². The van der Waals surface area contributed by atoms with Gasteiger partial charge in [0.25, 0.3) is 0 Å². The molecule has 208 valence electrons. The molecule has 1 aliphatic rings. The number of piperidine rings is 1. The molecule has 2 heterocycles. The Morgan fingerprint density at radius 3 is 2.18 bits per heavy atom. The van der Waals surface area contributed by atoms with Crippen molar-refractivity contribution in [2.24, 2.45) is 11.3 Å². The Bertz CT molecular complexity index is 1300. The Balaban J connectivity index is 1.45. The van der Waals surface area contributed by atoms with Crippen LogP contribution in [0.2, 0.25) is 0 Å². The minimum atomic E-state index is -0.348. The maximum absolute atomic E-state index is 13.2. The van der Waals surface area contributed by atoms with E-state index in [1.165, 1.54) is 0 Å². The van der Waals surface area contributed by atoms with Crippen LogP contribution in [-0.2, 0) is 16.6 Å². The van der Waals surface area contributed by atoms with Crippen LogP contribution in [-0.4, -0.2) is 39.7 Å². The molecule has 0 radical (unpaired) electrons. The average molecular weight is 530 g/mol. The van der Waals surface area contributed by atoms with Crippen LogP contribution in [0, 0.1) is 18.3 Å². The molecule has 2 N–H and O–H groups in total. The largest absolute Gasteiger partial charge is 0.342 e. The van der Waals surface area contributed by atoms with Crippen LogP contribution in [0.4, 0.5) is 16.3 Å². The molecule has 0 spiro atoms. The smallest absolute Gasteiger partial charge is 0.324 e. The van der Waals surface area contributed by atoms with E-state index in [0.717, 1.165) is 60.5 Å². The normalized spacial score (nSPS) is 14.8. The molecule has 1 aromatic heterocycles. The van der Waals surface area contributed by atoms with Crippen molar-refractivity contribution < 1.29 is 9.59 Å². The third-order valence-electron chi connectivity index (χ3n) is 7.32. The fourth-order valence-corrected chi connectivity index (χ4v) is 4.94. The number of carbonyl (C=O) groups is 2. The van der Waals surface area contributed by atoms with Crippen molar-refractivity contribution >= 4 is 23.4 Å². The number of carbonyl (C=O) groups excluding carboxylic acids is 2. The monoisotopic (exact) mass is 529 g/mol. The van der Waals surface area contributed by atoms with E-state index in [4.69, 9.17) is 5.10 Å². The van der Waals surface area contributed by atoms with E-state index >= 15 is 0 Å². The van der Waals surface area contributed by atoms with Gasteiger partial charge in [-0.1, -0.05) is 77.4 Å². The fraction of sp³-hybridized carbons (Fsp3) is 0.469. The van der Waals surface area contributed by atoms with Crippen molar-refractivity contribution in [1.29, 1.82) is 0 Å². The highest BCUT2D eigenvalue weighted by Gasteiger charge is 2.30. The second-order valence-electron chi connectivity index (χ2n) is 12.8. The molecular weight excluding hydrogens is 486 g/mol. The third-order valence-corrected chi connectivity index (χ3v) is 7.32. The van der Waals surface area contributed by atoms with Crippen molar-refractivity contribution in [3.63, 3.8) is 0 Å². The summed E-state index contributed by atoms with van der Waals surface area (Å²) in [4.78, 5) is 27.9. The minimum Gasteiger partial charge on any atom is -0.342 e. The molecule has 0 aliphatic carbocycles. The van der Waals surface area contributed by atoms with E-state index in [1.807, 2.05) is 81.1 Å². The zero-order valence-corrected chi connectivity index (χ0v) is 24.5. The summed E-state index contributed by atoms with van der Waals surface area (Å²) in [5.74, 6) is 1.31. The van der Waals surface area contributed by atoms with Gasteiger partial charge in [0.15, 0.2) is 0 Å². The van der Waals surface area contributed by atoms with E-state index in [9.17, 15) is 9.59 Å². The highest BCUT2D eigenvalue weighted by Crippen LogP contribution is 2.29. The van der Waals surface area contributed by atoms with Crippen LogP contribution in [0.3, 0.4) is 0 Å². The summed E-state index contributed by atoms with van der Waals surface area (Å²) in [6.07, 6.45) is 2.80. The molecule has 1 fully saturated rings. The molecular formula is C32H43N5O2. The molecule has 1 aliphatic heterocycles. The molecule has 3 amide bonds. The number of benzene rings is 2. The summed E-state index contributed by atoms with van der Waals surface area (Å²) >= 11 is 0. The molecule has 0 saturated carbocycles. The maximum Gasteiger partial charge on any atom is 0.324 e. The van der Waals surface area contributed by atoms with Gasteiger partial charge in [0.2, 0.25) is 5.91 Å². The standard InChI is InChI=1S/C32H43N5O2/c1-22-12-14-25(15-13-22)37-28(21-27(35-37)31(2,3)4)34-30(39)33-26-11-9-8-10-24(26)20-23-16-18-36(19-17-23)29(38)32(5,6)7/h8-15,21,23H,16-20H2,1-7H3,(H2,33,34,39). The summed E-state index contributed by atoms with van der Waals surface area (Å²) in [6.45, 7) is 15.9. The van der Waals surface area contributed by atoms with Gasteiger partial charge in [-0.2, -0.15) is 5.10 Å². The van der Waals surface area contributed by atoms with Crippen LogP contribution in [0.5, 0.6) is 0 Å². The second-order valence-corrected chi connectivity index (χ2v) is 12.8. The Morgan fingerprint density at radius 1 is 0.923 bits per heavy atom. The molecule has 7 heteroatoms. The van der Waals surface area contributed by atoms with Gasteiger partial charge in [-0.3, -0.25) is 10.1 Å². The highest BCUT2D eigenvalue weighted by molar-refractivity contribution is 6.00. The minimum absolute atomic E-state index is 0.164. The number of urea groups is 1. The van der Waals surface area contributed by atoms with Gasteiger partial charge in [-0.25, -0.2) is 9.48 Å². The number of para-hydroxylation sites is 1. The summed E-state index contributed by atoms with van der Waals surface area (Å²) in [7, 11) is 0.